The standard InChI is InChI=1S/C12H18N2O2/c1-9-3-4-11(7-10(9)2)14(6-5-13)8-12(15)16/h3-4,7H,5-6,8,13H2,1-2H3,(H,15,16). The Morgan fingerprint density at radius 1 is 1.38 bits per heavy atom. The molecule has 0 aromatic heterocycles. The molecule has 0 saturated carbocycles. The van der Waals surface area contributed by atoms with Crippen molar-refractivity contribution in [3.05, 3.63) is 29.3 Å². The van der Waals surface area contributed by atoms with Gasteiger partial charge in [-0.2, -0.15) is 0 Å². The first kappa shape index (κ1) is 12.5. The number of carboxylic acids is 1. The van der Waals surface area contributed by atoms with Gasteiger partial charge in [-0.3, -0.25) is 4.79 Å². The van der Waals surface area contributed by atoms with E-state index < -0.39 is 5.97 Å². The van der Waals surface area contributed by atoms with Crippen LogP contribution in [-0.4, -0.2) is 30.7 Å². The van der Waals surface area contributed by atoms with E-state index in [1.807, 2.05) is 32.0 Å². The fraction of sp³-hybridized carbons (Fsp3) is 0.417. The first-order valence-corrected chi connectivity index (χ1v) is 5.28. The highest BCUT2D eigenvalue weighted by atomic mass is 16.4. The number of aryl methyl sites for hydroxylation is 2. The summed E-state index contributed by atoms with van der Waals surface area (Å²) in [5.41, 5.74) is 8.75. The molecule has 0 unspecified atom stereocenters. The molecule has 0 spiro atoms. The van der Waals surface area contributed by atoms with Crippen LogP contribution in [0.25, 0.3) is 0 Å². The topological polar surface area (TPSA) is 66.6 Å². The lowest BCUT2D eigenvalue weighted by molar-refractivity contribution is -0.135. The Balaban J connectivity index is 2.91. The van der Waals surface area contributed by atoms with E-state index in [2.05, 4.69) is 0 Å². The molecule has 0 radical (unpaired) electrons. The van der Waals surface area contributed by atoms with Crippen LogP contribution in [0.15, 0.2) is 18.2 Å². The van der Waals surface area contributed by atoms with Crippen molar-refractivity contribution < 1.29 is 9.90 Å². The number of carbonyl (C=O) groups is 1. The number of nitrogens with zero attached hydrogens (tertiary/aromatic N) is 1. The van der Waals surface area contributed by atoms with E-state index in [-0.39, 0.29) is 6.54 Å². The van der Waals surface area contributed by atoms with Gasteiger partial charge in [-0.25, -0.2) is 0 Å². The highest BCUT2D eigenvalue weighted by Gasteiger charge is 2.10. The molecule has 0 aliphatic carbocycles. The van der Waals surface area contributed by atoms with Crippen molar-refractivity contribution in [2.75, 3.05) is 24.5 Å². The Labute approximate surface area is 95.7 Å². The molecule has 4 heteroatoms. The number of aliphatic carboxylic acids is 1. The quantitative estimate of drug-likeness (QED) is 0.784. The Morgan fingerprint density at radius 2 is 2.06 bits per heavy atom. The monoisotopic (exact) mass is 222 g/mol. The van der Waals surface area contributed by atoms with Gasteiger partial charge in [-0.15, -0.1) is 0 Å². The molecule has 1 rings (SSSR count). The Morgan fingerprint density at radius 3 is 2.56 bits per heavy atom. The van der Waals surface area contributed by atoms with E-state index in [1.54, 1.807) is 4.90 Å². The molecule has 0 amide bonds. The van der Waals surface area contributed by atoms with Crippen LogP contribution >= 0.6 is 0 Å². The summed E-state index contributed by atoms with van der Waals surface area (Å²) in [6.45, 7) is 5.03. The van der Waals surface area contributed by atoms with Crippen molar-refractivity contribution in [3.8, 4) is 0 Å². The molecule has 88 valence electrons. The van der Waals surface area contributed by atoms with E-state index in [1.165, 1.54) is 5.56 Å². The van der Waals surface area contributed by atoms with Gasteiger partial charge in [0.1, 0.15) is 6.54 Å². The molecule has 1 aromatic rings. The molecule has 0 bridgehead atoms. The summed E-state index contributed by atoms with van der Waals surface area (Å²) >= 11 is 0. The van der Waals surface area contributed by atoms with Gasteiger partial charge < -0.3 is 15.7 Å². The van der Waals surface area contributed by atoms with Gasteiger partial charge in [0.15, 0.2) is 0 Å². The normalized spacial score (nSPS) is 10.2. The zero-order valence-electron chi connectivity index (χ0n) is 9.73. The highest BCUT2D eigenvalue weighted by molar-refractivity contribution is 5.73. The third kappa shape index (κ3) is 3.24. The molecular weight excluding hydrogens is 204 g/mol. The lowest BCUT2D eigenvalue weighted by Gasteiger charge is -2.22. The van der Waals surface area contributed by atoms with Gasteiger partial charge >= 0.3 is 5.97 Å². The van der Waals surface area contributed by atoms with Crippen LogP contribution in [0.4, 0.5) is 5.69 Å². The molecule has 0 saturated heterocycles. The molecule has 4 nitrogen and oxygen atoms in total. The van der Waals surface area contributed by atoms with Gasteiger partial charge in [0.25, 0.3) is 0 Å². The average molecular weight is 222 g/mol. The highest BCUT2D eigenvalue weighted by Crippen LogP contribution is 2.18. The fourth-order valence-corrected chi connectivity index (χ4v) is 1.54. The minimum Gasteiger partial charge on any atom is -0.480 e. The average Bonchev–Trinajstić information content (AvgIpc) is 2.21. The van der Waals surface area contributed by atoms with Crippen molar-refractivity contribution in [3.63, 3.8) is 0 Å². The Hall–Kier alpha value is -1.55. The number of benzene rings is 1. The zero-order valence-corrected chi connectivity index (χ0v) is 9.73. The Bertz CT molecular complexity index is 377. The first-order chi connectivity index (χ1) is 7.54. The van der Waals surface area contributed by atoms with Crippen molar-refractivity contribution in [1.82, 2.24) is 0 Å². The van der Waals surface area contributed by atoms with Crippen molar-refractivity contribution >= 4 is 11.7 Å². The third-order valence-electron chi connectivity index (χ3n) is 2.58. The van der Waals surface area contributed by atoms with E-state index >= 15 is 0 Å². The maximum Gasteiger partial charge on any atom is 0.323 e. The van der Waals surface area contributed by atoms with Crippen LogP contribution < -0.4 is 10.6 Å². The van der Waals surface area contributed by atoms with Gasteiger partial charge in [0.2, 0.25) is 0 Å². The summed E-state index contributed by atoms with van der Waals surface area (Å²) in [6, 6.07) is 5.92. The molecule has 0 aliphatic heterocycles. The number of anilines is 1. The predicted molar refractivity (Wildman–Crippen MR) is 64.8 cm³/mol. The van der Waals surface area contributed by atoms with Crippen LogP contribution in [-0.2, 0) is 4.79 Å². The molecule has 0 aliphatic rings. The number of carboxylic acid groups (broad SMARTS) is 1. The molecule has 1 aromatic carbocycles. The van der Waals surface area contributed by atoms with Gasteiger partial charge in [0, 0.05) is 18.8 Å². The van der Waals surface area contributed by atoms with Crippen molar-refractivity contribution in [1.29, 1.82) is 0 Å². The molecule has 0 heterocycles. The van der Waals surface area contributed by atoms with Gasteiger partial charge in [-0.1, -0.05) is 6.07 Å². The summed E-state index contributed by atoms with van der Waals surface area (Å²) in [5, 5.41) is 8.81. The summed E-state index contributed by atoms with van der Waals surface area (Å²) in [7, 11) is 0. The minimum atomic E-state index is -0.841. The Kier molecular flexibility index (Phi) is 4.31. The maximum atomic E-state index is 10.7. The lowest BCUT2D eigenvalue weighted by Crippen LogP contribution is -2.34. The fourth-order valence-electron chi connectivity index (χ4n) is 1.54. The summed E-state index contributed by atoms with van der Waals surface area (Å²) in [5.74, 6) is -0.841. The third-order valence-corrected chi connectivity index (χ3v) is 2.58. The van der Waals surface area contributed by atoms with E-state index in [9.17, 15) is 4.79 Å². The smallest absolute Gasteiger partial charge is 0.323 e. The number of hydrogen-bond acceptors (Lipinski definition) is 3. The lowest BCUT2D eigenvalue weighted by atomic mass is 10.1. The van der Waals surface area contributed by atoms with E-state index in [0.717, 1.165) is 11.3 Å². The summed E-state index contributed by atoms with van der Waals surface area (Å²) < 4.78 is 0. The number of rotatable bonds is 5. The van der Waals surface area contributed by atoms with E-state index in [0.29, 0.717) is 13.1 Å². The second-order valence-corrected chi connectivity index (χ2v) is 3.87. The van der Waals surface area contributed by atoms with Crippen molar-refractivity contribution in [2.24, 2.45) is 5.73 Å². The van der Waals surface area contributed by atoms with Crippen molar-refractivity contribution in [2.45, 2.75) is 13.8 Å². The van der Waals surface area contributed by atoms with Gasteiger partial charge in [-0.05, 0) is 37.1 Å². The molecule has 0 atom stereocenters. The largest absolute Gasteiger partial charge is 0.480 e. The van der Waals surface area contributed by atoms with Gasteiger partial charge in [0.05, 0.1) is 0 Å². The van der Waals surface area contributed by atoms with Crippen LogP contribution in [0.3, 0.4) is 0 Å². The SMILES string of the molecule is Cc1ccc(N(CCN)CC(=O)O)cc1C. The van der Waals surface area contributed by atoms with Crippen LogP contribution in [0.5, 0.6) is 0 Å². The second kappa shape index (κ2) is 5.51. The van der Waals surface area contributed by atoms with Crippen LogP contribution in [0.1, 0.15) is 11.1 Å². The minimum absolute atomic E-state index is 0.0142. The number of nitrogens with two attached hydrogens (primary N) is 1. The summed E-state index contributed by atoms with van der Waals surface area (Å²) in [6.07, 6.45) is 0. The second-order valence-electron chi connectivity index (χ2n) is 3.87. The zero-order chi connectivity index (χ0) is 12.1. The molecular formula is C12H18N2O2. The van der Waals surface area contributed by atoms with E-state index in [4.69, 9.17) is 10.8 Å². The summed E-state index contributed by atoms with van der Waals surface area (Å²) in [4.78, 5) is 12.5. The van der Waals surface area contributed by atoms with Crippen LogP contribution in [0, 0.1) is 13.8 Å². The molecule has 0 fully saturated rings. The molecule has 16 heavy (non-hydrogen) atoms. The maximum absolute atomic E-state index is 10.7. The first-order valence-electron chi connectivity index (χ1n) is 5.28. The molecule has 3 N–H and O–H groups in total. The number of hydrogen-bond donors (Lipinski definition) is 2. The predicted octanol–water partition coefficient (Wildman–Crippen LogP) is 1.15. The van der Waals surface area contributed by atoms with Crippen LogP contribution in [0.2, 0.25) is 0 Å².